The van der Waals surface area contributed by atoms with Gasteiger partial charge in [-0.15, -0.1) is 0 Å². The van der Waals surface area contributed by atoms with Crippen molar-refractivity contribution in [2.75, 3.05) is 26.2 Å². The summed E-state index contributed by atoms with van der Waals surface area (Å²) in [6.07, 6.45) is 11.8. The molecule has 3 fully saturated rings. The second-order valence-corrected chi connectivity index (χ2v) is 6.58. The lowest BCUT2D eigenvalue weighted by Gasteiger charge is -2.18. The van der Waals surface area contributed by atoms with E-state index < -0.39 is 0 Å². The Morgan fingerprint density at radius 1 is 0.941 bits per heavy atom. The first-order valence-corrected chi connectivity index (χ1v) is 7.86. The third kappa shape index (κ3) is 3.69. The van der Waals surface area contributed by atoms with Crippen LogP contribution in [0.15, 0.2) is 0 Å². The number of rotatable bonds is 6. The predicted octanol–water partition coefficient (Wildman–Crippen LogP) is 2.64. The van der Waals surface area contributed by atoms with Crippen molar-refractivity contribution in [3.8, 4) is 0 Å². The Morgan fingerprint density at radius 2 is 1.76 bits per heavy atom. The summed E-state index contributed by atoms with van der Waals surface area (Å²) in [6, 6.07) is 0.891. The van der Waals surface area contributed by atoms with Crippen molar-refractivity contribution in [1.29, 1.82) is 0 Å². The van der Waals surface area contributed by atoms with Crippen LogP contribution >= 0.6 is 0 Å². The highest BCUT2D eigenvalue weighted by atomic mass is 15.1. The van der Waals surface area contributed by atoms with E-state index in [1.165, 1.54) is 77.5 Å². The molecule has 1 heterocycles. The maximum Gasteiger partial charge on any atom is 0.00683 e. The van der Waals surface area contributed by atoms with Gasteiger partial charge in [-0.25, -0.2) is 0 Å². The minimum atomic E-state index is 0.891. The van der Waals surface area contributed by atoms with Crippen molar-refractivity contribution in [2.45, 2.75) is 57.4 Å². The van der Waals surface area contributed by atoms with Gasteiger partial charge in [0.15, 0.2) is 0 Å². The minimum absolute atomic E-state index is 0.891. The molecule has 1 N–H and O–H groups in total. The zero-order valence-electron chi connectivity index (χ0n) is 11.2. The van der Waals surface area contributed by atoms with E-state index in [0.717, 1.165) is 17.9 Å². The molecule has 1 aliphatic heterocycles. The molecule has 0 aromatic rings. The summed E-state index contributed by atoms with van der Waals surface area (Å²) in [5, 5.41) is 3.69. The molecule has 0 aromatic carbocycles. The number of hydrogen-bond donors (Lipinski definition) is 1. The van der Waals surface area contributed by atoms with Gasteiger partial charge >= 0.3 is 0 Å². The quantitative estimate of drug-likeness (QED) is 0.763. The molecule has 2 aliphatic carbocycles. The van der Waals surface area contributed by atoms with E-state index in [4.69, 9.17) is 0 Å². The van der Waals surface area contributed by atoms with Crippen molar-refractivity contribution >= 4 is 0 Å². The third-order valence-electron chi connectivity index (χ3n) is 4.97. The topological polar surface area (TPSA) is 15.3 Å². The standard InChI is InChI=1S/C15H28N2/c1-2-4-13(3-1)7-9-17-10-8-14(12-17)11-16-15-5-6-15/h13-16H,1-12H2. The molecular formula is C15H28N2. The molecule has 1 unspecified atom stereocenters. The van der Waals surface area contributed by atoms with Gasteiger partial charge in [-0.2, -0.15) is 0 Å². The molecule has 3 rings (SSSR count). The van der Waals surface area contributed by atoms with Crippen molar-refractivity contribution in [2.24, 2.45) is 11.8 Å². The fraction of sp³-hybridized carbons (Fsp3) is 1.00. The van der Waals surface area contributed by atoms with E-state index in [0.29, 0.717) is 0 Å². The Hall–Kier alpha value is -0.0800. The lowest BCUT2D eigenvalue weighted by Crippen LogP contribution is -2.28. The second-order valence-electron chi connectivity index (χ2n) is 6.58. The van der Waals surface area contributed by atoms with Gasteiger partial charge in [0.25, 0.3) is 0 Å². The zero-order chi connectivity index (χ0) is 11.5. The summed E-state index contributed by atoms with van der Waals surface area (Å²) in [5.74, 6) is 2.01. The van der Waals surface area contributed by atoms with Gasteiger partial charge in [-0.05, 0) is 57.2 Å². The molecule has 17 heavy (non-hydrogen) atoms. The Morgan fingerprint density at radius 3 is 2.53 bits per heavy atom. The molecular weight excluding hydrogens is 208 g/mol. The van der Waals surface area contributed by atoms with Crippen molar-refractivity contribution in [1.82, 2.24) is 10.2 Å². The van der Waals surface area contributed by atoms with Crippen LogP contribution in [-0.4, -0.2) is 37.1 Å². The molecule has 0 bridgehead atoms. The summed E-state index contributed by atoms with van der Waals surface area (Å²) < 4.78 is 0. The molecule has 3 aliphatic rings. The fourth-order valence-electron chi connectivity index (χ4n) is 3.57. The number of likely N-dealkylation sites (tertiary alicyclic amines) is 1. The Balaban J connectivity index is 1.29. The molecule has 1 atom stereocenters. The van der Waals surface area contributed by atoms with Crippen LogP contribution in [0.1, 0.15) is 51.4 Å². The molecule has 2 heteroatoms. The van der Waals surface area contributed by atoms with Gasteiger partial charge in [0.05, 0.1) is 0 Å². The largest absolute Gasteiger partial charge is 0.314 e. The average molecular weight is 236 g/mol. The van der Waals surface area contributed by atoms with Gasteiger partial charge in [0.1, 0.15) is 0 Å². The monoisotopic (exact) mass is 236 g/mol. The van der Waals surface area contributed by atoms with Gasteiger partial charge < -0.3 is 10.2 Å². The molecule has 2 nitrogen and oxygen atoms in total. The van der Waals surface area contributed by atoms with Crippen LogP contribution in [-0.2, 0) is 0 Å². The first kappa shape index (κ1) is 12.0. The van der Waals surface area contributed by atoms with Crippen molar-refractivity contribution in [3.63, 3.8) is 0 Å². The van der Waals surface area contributed by atoms with E-state index in [2.05, 4.69) is 10.2 Å². The maximum absolute atomic E-state index is 3.69. The Bertz CT molecular complexity index is 231. The number of nitrogens with zero attached hydrogens (tertiary/aromatic N) is 1. The van der Waals surface area contributed by atoms with Gasteiger partial charge in [-0.3, -0.25) is 0 Å². The van der Waals surface area contributed by atoms with Crippen LogP contribution in [0.25, 0.3) is 0 Å². The molecule has 0 radical (unpaired) electrons. The number of hydrogen-bond acceptors (Lipinski definition) is 2. The first-order chi connectivity index (χ1) is 8.40. The molecule has 1 saturated heterocycles. The van der Waals surface area contributed by atoms with Gasteiger partial charge in [-0.1, -0.05) is 25.7 Å². The summed E-state index contributed by atoms with van der Waals surface area (Å²) >= 11 is 0. The van der Waals surface area contributed by atoms with Gasteiger partial charge in [0, 0.05) is 12.6 Å². The molecule has 2 saturated carbocycles. The summed E-state index contributed by atoms with van der Waals surface area (Å²) in [7, 11) is 0. The molecule has 0 amide bonds. The average Bonchev–Trinajstić information content (AvgIpc) is 2.86. The van der Waals surface area contributed by atoms with Crippen LogP contribution in [0.2, 0.25) is 0 Å². The van der Waals surface area contributed by atoms with Crippen molar-refractivity contribution in [3.05, 3.63) is 0 Å². The van der Waals surface area contributed by atoms with E-state index in [1.807, 2.05) is 0 Å². The highest BCUT2D eigenvalue weighted by molar-refractivity contribution is 4.84. The minimum Gasteiger partial charge on any atom is -0.314 e. The van der Waals surface area contributed by atoms with Crippen LogP contribution in [0, 0.1) is 11.8 Å². The van der Waals surface area contributed by atoms with Crippen LogP contribution in [0.5, 0.6) is 0 Å². The zero-order valence-corrected chi connectivity index (χ0v) is 11.2. The summed E-state index contributed by atoms with van der Waals surface area (Å²) in [4.78, 5) is 2.72. The van der Waals surface area contributed by atoms with Crippen LogP contribution in [0.4, 0.5) is 0 Å². The maximum atomic E-state index is 3.69. The normalized spacial score (nSPS) is 31.4. The highest BCUT2D eigenvalue weighted by Gasteiger charge is 2.26. The highest BCUT2D eigenvalue weighted by Crippen LogP contribution is 2.28. The lowest BCUT2D eigenvalue weighted by atomic mass is 10.0. The second kappa shape index (κ2) is 5.71. The summed E-state index contributed by atoms with van der Waals surface area (Å²) in [5.41, 5.74) is 0. The van der Waals surface area contributed by atoms with E-state index in [-0.39, 0.29) is 0 Å². The Kier molecular flexibility index (Phi) is 4.02. The molecule has 98 valence electrons. The van der Waals surface area contributed by atoms with Crippen LogP contribution < -0.4 is 5.32 Å². The lowest BCUT2D eigenvalue weighted by molar-refractivity contribution is 0.291. The Labute approximate surface area is 106 Å². The van der Waals surface area contributed by atoms with E-state index >= 15 is 0 Å². The van der Waals surface area contributed by atoms with Crippen LogP contribution in [0.3, 0.4) is 0 Å². The SMILES string of the molecule is C1CCC(CCN2CCC(CNC3CC3)C2)C1. The predicted molar refractivity (Wildman–Crippen MR) is 72.1 cm³/mol. The first-order valence-electron chi connectivity index (χ1n) is 7.86. The summed E-state index contributed by atoms with van der Waals surface area (Å²) in [6.45, 7) is 5.39. The molecule has 0 aromatic heterocycles. The smallest absolute Gasteiger partial charge is 0.00683 e. The van der Waals surface area contributed by atoms with Gasteiger partial charge in [0.2, 0.25) is 0 Å². The molecule has 0 spiro atoms. The third-order valence-corrected chi connectivity index (χ3v) is 4.97. The van der Waals surface area contributed by atoms with Crippen molar-refractivity contribution < 1.29 is 0 Å². The van der Waals surface area contributed by atoms with E-state index in [9.17, 15) is 0 Å². The number of nitrogens with one attached hydrogen (secondary N) is 1. The van der Waals surface area contributed by atoms with E-state index in [1.54, 1.807) is 0 Å². The fourth-order valence-corrected chi connectivity index (χ4v) is 3.57.